The number of hydrogen-bond donors (Lipinski definition) is 13. The fraction of sp³-hybridized carbons (Fsp3) is 0.854. The second kappa shape index (κ2) is 32.7. The van der Waals surface area contributed by atoms with Gasteiger partial charge in [0.05, 0.1) is 19.8 Å². The van der Waals surface area contributed by atoms with Crippen molar-refractivity contribution in [3.05, 3.63) is 12.2 Å². The molecular weight excluding hydrogens is 1060 g/mol. The van der Waals surface area contributed by atoms with Crippen LogP contribution >= 0.6 is 0 Å². The molecule has 30 heteroatoms. The highest BCUT2D eigenvalue weighted by Crippen LogP contribution is 2.35. The van der Waals surface area contributed by atoms with Gasteiger partial charge in [-0.3, -0.25) is 28.5 Å². The number of rotatable bonds is 30. The summed E-state index contributed by atoms with van der Waals surface area (Å²) in [4.78, 5) is 62.5. The quantitative estimate of drug-likeness (QED) is 0.0143. The molecule has 0 aromatic rings. The van der Waals surface area contributed by atoms with E-state index in [1.165, 1.54) is 25.7 Å². The van der Waals surface area contributed by atoms with Crippen LogP contribution in [0.1, 0.15) is 112 Å². The molecule has 20 atom stereocenters. The van der Waals surface area contributed by atoms with Gasteiger partial charge < -0.3 is 100 Å². The van der Waals surface area contributed by atoms with E-state index in [1.807, 2.05) is 0 Å². The number of hydrogen-bond acceptors (Lipinski definition) is 24. The van der Waals surface area contributed by atoms with Crippen LogP contribution in [0.5, 0.6) is 0 Å². The third kappa shape index (κ3) is 20.4. The lowest BCUT2D eigenvalue weighted by molar-refractivity contribution is -0.361. The molecule has 0 aliphatic carbocycles. The number of ether oxygens (including phenoxy) is 8. The maximum atomic E-state index is 13.4. The highest BCUT2D eigenvalue weighted by molar-refractivity contribution is 7.80. The van der Waals surface area contributed by atoms with Gasteiger partial charge in [-0.2, -0.15) is 8.42 Å². The number of amides is 4. The molecule has 0 bridgehead atoms. The van der Waals surface area contributed by atoms with Gasteiger partial charge in [-0.15, -0.1) is 0 Å². The van der Waals surface area contributed by atoms with Gasteiger partial charge in [0.2, 0.25) is 23.6 Å². The summed E-state index contributed by atoms with van der Waals surface area (Å²) < 4.78 is 83.3. The Labute approximate surface area is 452 Å². The number of unbranched alkanes of at least 4 members (excludes halogenated alkanes) is 9. The maximum absolute atomic E-state index is 13.4. The number of nitrogens with one attached hydrogen (secondary N) is 4. The fourth-order valence-electron chi connectivity index (χ4n) is 9.52. The van der Waals surface area contributed by atoms with Crippen LogP contribution in [0.3, 0.4) is 0 Å². The van der Waals surface area contributed by atoms with Gasteiger partial charge in [0.1, 0.15) is 104 Å². The summed E-state index contributed by atoms with van der Waals surface area (Å²) in [5.74, 6) is -3.72. The molecule has 4 rings (SSSR count). The van der Waals surface area contributed by atoms with Crippen LogP contribution in [0.4, 0.5) is 0 Å². The van der Waals surface area contributed by atoms with Gasteiger partial charge in [0.25, 0.3) is 0 Å². The second-order valence-electron chi connectivity index (χ2n) is 19.7. The minimum Gasteiger partial charge on any atom is -0.463 e. The summed E-state index contributed by atoms with van der Waals surface area (Å²) in [7, 11) is -5.16. The van der Waals surface area contributed by atoms with Gasteiger partial charge in [-0.05, 0) is 32.1 Å². The van der Waals surface area contributed by atoms with Crippen LogP contribution in [0.25, 0.3) is 0 Å². The van der Waals surface area contributed by atoms with Crippen molar-refractivity contribution in [1.82, 2.24) is 21.3 Å². The molecule has 13 N–H and O–H groups in total. The first kappa shape index (κ1) is 66.9. The molecule has 4 saturated heterocycles. The van der Waals surface area contributed by atoms with E-state index in [1.54, 1.807) is 0 Å². The number of carbonyl (C=O) groups excluding carboxylic acids is 5. The molecule has 0 spiro atoms. The van der Waals surface area contributed by atoms with Crippen LogP contribution in [0, 0.1) is 0 Å². The Balaban J connectivity index is 1.54. The molecule has 0 aromatic carbocycles. The smallest absolute Gasteiger partial charge is 0.397 e. The molecule has 0 saturated carbocycles. The van der Waals surface area contributed by atoms with Crippen molar-refractivity contribution in [2.75, 3.05) is 26.4 Å². The van der Waals surface area contributed by atoms with E-state index in [4.69, 9.17) is 37.9 Å². The van der Waals surface area contributed by atoms with E-state index >= 15 is 0 Å². The minimum atomic E-state index is -5.16. The molecule has 0 radical (unpaired) electrons. The zero-order valence-electron chi connectivity index (χ0n) is 44.5. The van der Waals surface area contributed by atoms with Gasteiger partial charge in [-0.25, -0.2) is 4.18 Å². The number of allylic oxidation sites excluding steroid dienone is 2. The van der Waals surface area contributed by atoms with E-state index in [-0.39, 0.29) is 6.42 Å². The summed E-state index contributed by atoms with van der Waals surface area (Å²) >= 11 is 0. The first-order valence-corrected chi connectivity index (χ1v) is 27.7. The van der Waals surface area contributed by atoms with Crippen molar-refractivity contribution in [1.29, 1.82) is 0 Å². The molecule has 4 heterocycles. The number of aliphatic hydroxyl groups is 8. The van der Waals surface area contributed by atoms with E-state index in [2.05, 4.69) is 44.5 Å². The Bertz CT molecular complexity index is 2030. The Morgan fingerprint density at radius 2 is 0.936 bits per heavy atom. The maximum Gasteiger partial charge on any atom is 0.397 e. The van der Waals surface area contributed by atoms with Crippen LogP contribution in [-0.4, -0.2) is 232 Å². The zero-order valence-corrected chi connectivity index (χ0v) is 45.3. The second-order valence-corrected chi connectivity index (χ2v) is 20.8. The van der Waals surface area contributed by atoms with Crippen LogP contribution in [0.15, 0.2) is 12.2 Å². The number of carbonyl (C=O) groups is 5. The van der Waals surface area contributed by atoms with E-state index in [0.717, 1.165) is 66.2 Å². The van der Waals surface area contributed by atoms with Gasteiger partial charge in [0.15, 0.2) is 25.2 Å². The first-order chi connectivity index (χ1) is 36.9. The largest absolute Gasteiger partial charge is 0.463 e. The summed E-state index contributed by atoms with van der Waals surface area (Å²) in [5.41, 5.74) is 0. The minimum absolute atomic E-state index is 0.00649. The monoisotopic (exact) mass is 1150 g/mol. The highest BCUT2D eigenvalue weighted by atomic mass is 32.3. The van der Waals surface area contributed by atoms with E-state index in [0.29, 0.717) is 6.42 Å². The third-order valence-corrected chi connectivity index (χ3v) is 13.8. The zero-order chi connectivity index (χ0) is 57.9. The van der Waals surface area contributed by atoms with Gasteiger partial charge in [0, 0.05) is 34.1 Å². The standard InChI is InChI=1S/C48H82N4O25S/c1-6-7-8-9-10-11-12-13-14-15-16-17-18-19-32(59)52-34-38(61)37(60)30(22-69-27(5)58)74-46(34)75-42-28(20-53)72-47(35(40(42)63)50-25(3)56)76-43-29(21-54)73-48(36(41(43)64)51-26(4)57)77-44-31(23-70-78(66,67)68)71-45(65)33(39(44)62)49-24(2)55/h11-12,28-31,33-48,53-54,60-65H,6-10,13-23H2,1-5H3,(H,49,55)(H,50,56)(H,51,57)(H,52,59)(H,66,67,68)/b12-11-/t28?,29?,30?,31?,33?,34?,35?,36?,37-,38-,39-,40-,41-,42-,43-,44-,45-,46+,47+,48+/m1/s1. The number of esters is 1. The van der Waals surface area contributed by atoms with Crippen LogP contribution in [-0.2, 0) is 76.4 Å². The average Bonchev–Trinajstić information content (AvgIpc) is 3.43. The van der Waals surface area contributed by atoms with Crippen molar-refractivity contribution < 1.29 is 120 Å². The highest BCUT2D eigenvalue weighted by Gasteiger charge is 2.56. The first-order valence-electron chi connectivity index (χ1n) is 26.3. The molecule has 0 aromatic heterocycles. The summed E-state index contributed by atoms with van der Waals surface area (Å²) in [6.45, 7) is 2.66. The van der Waals surface area contributed by atoms with Crippen molar-refractivity contribution in [2.24, 2.45) is 0 Å². The summed E-state index contributed by atoms with van der Waals surface area (Å²) in [5, 5.41) is 99.5. The predicted octanol–water partition coefficient (Wildman–Crippen LogP) is -3.54. The Hall–Kier alpha value is -3.64. The van der Waals surface area contributed by atoms with Crippen molar-refractivity contribution in [3.63, 3.8) is 0 Å². The lowest BCUT2D eigenvalue weighted by atomic mass is 9.93. The number of aliphatic hydroxyl groups excluding tert-OH is 8. The Morgan fingerprint density at radius 3 is 1.40 bits per heavy atom. The van der Waals surface area contributed by atoms with Crippen molar-refractivity contribution >= 4 is 40.0 Å². The Morgan fingerprint density at radius 1 is 0.513 bits per heavy atom. The lowest BCUT2D eigenvalue weighted by Gasteiger charge is -2.51. The molecule has 29 nitrogen and oxygen atoms in total. The van der Waals surface area contributed by atoms with Gasteiger partial charge >= 0.3 is 16.4 Å². The lowest BCUT2D eigenvalue weighted by Crippen LogP contribution is -2.71. The molecule has 4 fully saturated rings. The molecular formula is C48H82N4O25S. The molecule has 450 valence electrons. The molecule has 4 aliphatic heterocycles. The fourth-order valence-corrected chi connectivity index (χ4v) is 9.83. The predicted molar refractivity (Wildman–Crippen MR) is 265 cm³/mol. The summed E-state index contributed by atoms with van der Waals surface area (Å²) in [6.07, 6.45) is -13.9. The van der Waals surface area contributed by atoms with Crippen LogP contribution < -0.4 is 21.3 Å². The van der Waals surface area contributed by atoms with Crippen molar-refractivity contribution in [2.45, 2.75) is 234 Å². The van der Waals surface area contributed by atoms with Crippen molar-refractivity contribution in [3.8, 4) is 0 Å². The third-order valence-electron chi connectivity index (χ3n) is 13.4. The van der Waals surface area contributed by atoms with Crippen LogP contribution in [0.2, 0.25) is 0 Å². The van der Waals surface area contributed by atoms with Gasteiger partial charge in [-0.1, -0.05) is 57.6 Å². The SMILES string of the molecule is CCCCCC/C=C\CCCCCCCC(=O)NC1[C@H](O[C@@H]2C(CO)O[C@@H](O[C@@H]3C(CO)O[C@@H](O[C@@H]4C(COS(=O)(=O)O)O[C@@H](O)C(NC(C)=O)[C@H]4O)C(NC(C)=O)[C@H]3O)C(NC(C)=O)[C@H]2O)OC(COC(C)=O)[C@@H](O)[C@@H]1O. The van der Waals surface area contributed by atoms with E-state index < -0.39 is 189 Å². The van der Waals surface area contributed by atoms with E-state index in [9.17, 15) is 77.8 Å². The average molecular weight is 1150 g/mol. The topological polar surface area (TPSA) is 433 Å². The summed E-state index contributed by atoms with van der Waals surface area (Å²) in [6, 6.07) is -6.66. The normalized spacial score (nSPS) is 35.4. The molecule has 8 unspecified atom stereocenters. The molecule has 4 aliphatic rings. The molecule has 78 heavy (non-hydrogen) atoms. The molecule has 4 amide bonds. The Kier molecular flexibility index (Phi) is 28.0.